The fraction of sp³-hybridized carbons (Fsp3) is 0.467. The lowest BCUT2D eigenvalue weighted by atomic mass is 9.79. The van der Waals surface area contributed by atoms with Crippen LogP contribution in [0.2, 0.25) is 0 Å². The van der Waals surface area contributed by atoms with Gasteiger partial charge in [0.05, 0.1) is 5.41 Å². The molecule has 4 nitrogen and oxygen atoms in total. The predicted molar refractivity (Wildman–Crippen MR) is 82.8 cm³/mol. The van der Waals surface area contributed by atoms with Crippen molar-refractivity contribution in [1.82, 2.24) is 0 Å². The van der Waals surface area contributed by atoms with Gasteiger partial charge in [-0.2, -0.15) is 0 Å². The van der Waals surface area contributed by atoms with Crippen molar-refractivity contribution in [2.45, 2.75) is 40.0 Å². The zero-order valence-corrected chi connectivity index (χ0v) is 13.6. The fourth-order valence-corrected chi connectivity index (χ4v) is 2.44. The van der Waals surface area contributed by atoms with E-state index in [4.69, 9.17) is 0 Å². The molecule has 0 aliphatic carbocycles. The second kappa shape index (κ2) is 6.88. The first-order chi connectivity index (χ1) is 9.34. The molecule has 0 spiro atoms. The third-order valence-electron chi connectivity index (χ3n) is 3.76. The number of halogens is 1. The Labute approximate surface area is 127 Å². The van der Waals surface area contributed by atoms with Crippen molar-refractivity contribution >= 4 is 33.5 Å². The maximum Gasteiger partial charge on any atom is 0.310 e. The molecule has 0 unspecified atom stereocenters. The molecule has 2 N–H and O–H groups in total. The Balaban J connectivity index is 2.80. The van der Waals surface area contributed by atoms with Crippen LogP contribution in [0.4, 0.5) is 5.69 Å². The van der Waals surface area contributed by atoms with Crippen LogP contribution in [0.25, 0.3) is 0 Å². The Hall–Kier alpha value is -1.36. The first kappa shape index (κ1) is 16.7. The van der Waals surface area contributed by atoms with Gasteiger partial charge in [0.2, 0.25) is 5.91 Å². The monoisotopic (exact) mass is 341 g/mol. The molecule has 1 rings (SSSR count). The molecule has 1 amide bonds. The molecule has 1 aromatic rings. The van der Waals surface area contributed by atoms with Crippen molar-refractivity contribution in [2.24, 2.45) is 5.41 Å². The summed E-state index contributed by atoms with van der Waals surface area (Å²) in [6.45, 7) is 5.56. The molecule has 0 atom stereocenters. The number of amides is 1. The van der Waals surface area contributed by atoms with Crippen molar-refractivity contribution in [3.8, 4) is 0 Å². The third-order valence-corrected chi connectivity index (χ3v) is 4.62. The summed E-state index contributed by atoms with van der Waals surface area (Å²) in [6.07, 6.45) is 0.856. The highest BCUT2D eigenvalue weighted by molar-refractivity contribution is 9.10. The van der Waals surface area contributed by atoms with Gasteiger partial charge in [-0.05, 0) is 37.5 Å². The molecule has 1 aromatic carbocycles. The van der Waals surface area contributed by atoms with Gasteiger partial charge >= 0.3 is 5.97 Å². The molecule has 0 saturated carbocycles. The van der Waals surface area contributed by atoms with Gasteiger partial charge in [-0.25, -0.2) is 0 Å². The SMILES string of the molecule is CCC(CC)(CC(=O)Nc1ccc(C)c(Br)c1)C(=O)O. The van der Waals surface area contributed by atoms with Gasteiger partial charge in [0.15, 0.2) is 0 Å². The molecular weight excluding hydrogens is 322 g/mol. The van der Waals surface area contributed by atoms with Gasteiger partial charge in [-0.3, -0.25) is 9.59 Å². The van der Waals surface area contributed by atoms with Gasteiger partial charge in [-0.15, -0.1) is 0 Å². The smallest absolute Gasteiger partial charge is 0.310 e. The van der Waals surface area contributed by atoms with E-state index in [1.54, 1.807) is 19.9 Å². The van der Waals surface area contributed by atoms with E-state index < -0.39 is 11.4 Å². The van der Waals surface area contributed by atoms with Crippen LogP contribution in [-0.2, 0) is 9.59 Å². The van der Waals surface area contributed by atoms with Crippen molar-refractivity contribution in [3.05, 3.63) is 28.2 Å². The Bertz CT molecular complexity index is 510. The molecule has 5 heteroatoms. The molecule has 20 heavy (non-hydrogen) atoms. The number of aliphatic carboxylic acids is 1. The van der Waals surface area contributed by atoms with Gasteiger partial charge < -0.3 is 10.4 Å². The van der Waals surface area contributed by atoms with Crippen molar-refractivity contribution in [1.29, 1.82) is 0 Å². The van der Waals surface area contributed by atoms with E-state index >= 15 is 0 Å². The summed E-state index contributed by atoms with van der Waals surface area (Å²) in [4.78, 5) is 23.4. The van der Waals surface area contributed by atoms with Crippen LogP contribution in [0.1, 0.15) is 38.7 Å². The number of benzene rings is 1. The Morgan fingerprint density at radius 2 is 1.90 bits per heavy atom. The van der Waals surface area contributed by atoms with Crippen LogP contribution in [-0.4, -0.2) is 17.0 Å². The molecule has 0 radical (unpaired) electrons. The van der Waals surface area contributed by atoms with Crippen LogP contribution in [0.15, 0.2) is 22.7 Å². The Morgan fingerprint density at radius 1 is 1.30 bits per heavy atom. The summed E-state index contributed by atoms with van der Waals surface area (Å²) in [7, 11) is 0. The van der Waals surface area contributed by atoms with Crippen LogP contribution < -0.4 is 5.32 Å². The predicted octanol–water partition coefficient (Wildman–Crippen LogP) is 3.98. The van der Waals surface area contributed by atoms with Gasteiger partial charge in [0.25, 0.3) is 0 Å². The first-order valence-corrected chi connectivity index (χ1v) is 7.43. The summed E-state index contributed by atoms with van der Waals surface area (Å²) in [5.74, 6) is -1.19. The number of rotatable bonds is 6. The van der Waals surface area contributed by atoms with Crippen molar-refractivity contribution < 1.29 is 14.7 Å². The molecule has 0 aliphatic heterocycles. The van der Waals surface area contributed by atoms with Gasteiger partial charge in [0, 0.05) is 16.6 Å². The minimum Gasteiger partial charge on any atom is -0.481 e. The molecular formula is C15H20BrNO3. The largest absolute Gasteiger partial charge is 0.481 e. The minimum absolute atomic E-state index is 0.0131. The standard InChI is InChI=1S/C15H20BrNO3/c1-4-15(5-2,14(19)20)9-13(18)17-11-7-6-10(3)12(16)8-11/h6-8H,4-5,9H2,1-3H3,(H,17,18)(H,19,20). The van der Waals surface area contributed by atoms with Crippen LogP contribution in [0.5, 0.6) is 0 Å². The molecule has 0 heterocycles. The molecule has 0 aromatic heterocycles. The fourth-order valence-electron chi connectivity index (χ4n) is 2.06. The molecule has 0 saturated heterocycles. The Morgan fingerprint density at radius 3 is 2.35 bits per heavy atom. The lowest BCUT2D eigenvalue weighted by Crippen LogP contribution is -2.34. The minimum atomic E-state index is -0.980. The highest BCUT2D eigenvalue weighted by Crippen LogP contribution is 2.31. The lowest BCUT2D eigenvalue weighted by molar-refractivity contribution is -0.151. The highest BCUT2D eigenvalue weighted by atomic mass is 79.9. The number of aryl methyl sites for hydroxylation is 1. The number of hydrogen-bond acceptors (Lipinski definition) is 2. The van der Waals surface area contributed by atoms with E-state index in [0.717, 1.165) is 10.0 Å². The van der Waals surface area contributed by atoms with Crippen LogP contribution in [0, 0.1) is 12.3 Å². The summed E-state index contributed by atoms with van der Waals surface area (Å²) in [6, 6.07) is 5.51. The van der Waals surface area contributed by atoms with E-state index in [-0.39, 0.29) is 12.3 Å². The summed E-state index contributed by atoms with van der Waals surface area (Å²) < 4.78 is 0.908. The lowest BCUT2D eigenvalue weighted by Gasteiger charge is -2.25. The van der Waals surface area contributed by atoms with E-state index in [1.807, 2.05) is 19.1 Å². The normalized spacial score (nSPS) is 11.2. The molecule has 0 fully saturated rings. The van der Waals surface area contributed by atoms with Gasteiger partial charge in [-0.1, -0.05) is 35.8 Å². The number of carbonyl (C=O) groups excluding carboxylic acids is 1. The van der Waals surface area contributed by atoms with Crippen LogP contribution >= 0.6 is 15.9 Å². The first-order valence-electron chi connectivity index (χ1n) is 6.64. The van der Waals surface area contributed by atoms with Crippen LogP contribution in [0.3, 0.4) is 0 Å². The van der Waals surface area contributed by atoms with E-state index in [0.29, 0.717) is 18.5 Å². The van der Waals surface area contributed by atoms with E-state index in [2.05, 4.69) is 21.2 Å². The highest BCUT2D eigenvalue weighted by Gasteiger charge is 2.37. The van der Waals surface area contributed by atoms with E-state index in [1.165, 1.54) is 0 Å². The average Bonchev–Trinajstić information content (AvgIpc) is 2.40. The zero-order valence-electron chi connectivity index (χ0n) is 12.0. The molecule has 110 valence electrons. The number of nitrogens with one attached hydrogen (secondary N) is 1. The summed E-state index contributed by atoms with van der Waals surface area (Å²) >= 11 is 3.40. The quantitative estimate of drug-likeness (QED) is 0.822. The van der Waals surface area contributed by atoms with Crippen molar-refractivity contribution in [3.63, 3.8) is 0 Å². The summed E-state index contributed by atoms with van der Waals surface area (Å²) in [5.41, 5.74) is 0.760. The van der Waals surface area contributed by atoms with Gasteiger partial charge in [0.1, 0.15) is 0 Å². The second-order valence-electron chi connectivity index (χ2n) is 4.98. The number of carbonyl (C=O) groups is 2. The molecule has 0 bridgehead atoms. The maximum atomic E-state index is 12.1. The number of carboxylic acids is 1. The molecule has 0 aliphatic rings. The number of hydrogen-bond donors (Lipinski definition) is 2. The van der Waals surface area contributed by atoms with E-state index in [9.17, 15) is 14.7 Å². The topological polar surface area (TPSA) is 66.4 Å². The third kappa shape index (κ3) is 3.82. The Kier molecular flexibility index (Phi) is 5.74. The second-order valence-corrected chi connectivity index (χ2v) is 5.84. The maximum absolute atomic E-state index is 12.1. The zero-order chi connectivity index (χ0) is 15.3. The van der Waals surface area contributed by atoms with Crippen molar-refractivity contribution in [2.75, 3.05) is 5.32 Å². The summed E-state index contributed by atoms with van der Waals surface area (Å²) in [5, 5.41) is 12.1. The average molecular weight is 342 g/mol. The number of anilines is 1. The number of carboxylic acid groups (broad SMARTS) is 1.